The summed E-state index contributed by atoms with van der Waals surface area (Å²) >= 11 is 0. The number of nitrogens with two attached hydrogens (primary N) is 1. The molecular weight excluding hydrogens is 348 g/mol. The van der Waals surface area contributed by atoms with Gasteiger partial charge in [-0.05, 0) is 67.3 Å². The number of nitrogens with zero attached hydrogens (tertiary/aromatic N) is 1. The maximum absolute atomic E-state index is 12.3. The van der Waals surface area contributed by atoms with E-state index >= 15 is 0 Å². The number of benzene rings is 2. The van der Waals surface area contributed by atoms with Crippen LogP contribution < -0.4 is 16.4 Å². The predicted octanol–water partition coefficient (Wildman–Crippen LogP) is 4.31. The zero-order chi connectivity index (χ0) is 19.7. The van der Waals surface area contributed by atoms with Crippen molar-refractivity contribution < 1.29 is 4.79 Å². The van der Waals surface area contributed by atoms with Crippen LogP contribution in [0.5, 0.6) is 0 Å². The summed E-state index contributed by atoms with van der Waals surface area (Å²) in [5.41, 5.74) is 13.7. The molecule has 2 heterocycles. The minimum atomic E-state index is -0.00149. The SMILES string of the molecule is Cc1cc(-c2cccc(CC3CC(=O)Nc4cc(N)ccc4N3)c2)cc(C)n1. The van der Waals surface area contributed by atoms with Crippen molar-refractivity contribution in [2.75, 3.05) is 16.4 Å². The molecule has 2 aromatic carbocycles. The van der Waals surface area contributed by atoms with Crippen molar-refractivity contribution in [1.82, 2.24) is 4.98 Å². The van der Waals surface area contributed by atoms with Crippen LogP contribution in [0.4, 0.5) is 17.1 Å². The van der Waals surface area contributed by atoms with Gasteiger partial charge in [-0.1, -0.05) is 24.3 Å². The summed E-state index contributed by atoms with van der Waals surface area (Å²) in [6.07, 6.45) is 1.17. The minimum Gasteiger partial charge on any atom is -0.399 e. The summed E-state index contributed by atoms with van der Waals surface area (Å²) in [6.45, 7) is 4.03. The van der Waals surface area contributed by atoms with Gasteiger partial charge in [-0.25, -0.2) is 0 Å². The molecule has 0 spiro atoms. The van der Waals surface area contributed by atoms with Crippen molar-refractivity contribution in [3.05, 3.63) is 71.5 Å². The Kier molecular flexibility index (Phi) is 4.74. The largest absolute Gasteiger partial charge is 0.399 e. The van der Waals surface area contributed by atoms with E-state index in [4.69, 9.17) is 5.73 Å². The van der Waals surface area contributed by atoms with E-state index in [9.17, 15) is 4.79 Å². The second kappa shape index (κ2) is 7.35. The molecule has 0 fully saturated rings. The fourth-order valence-corrected chi connectivity index (χ4v) is 3.77. The fourth-order valence-electron chi connectivity index (χ4n) is 3.77. The molecule has 3 aromatic rings. The Hall–Kier alpha value is -3.34. The number of carbonyl (C=O) groups excluding carboxylic acids is 1. The van der Waals surface area contributed by atoms with Crippen molar-refractivity contribution in [2.45, 2.75) is 32.7 Å². The van der Waals surface area contributed by atoms with Gasteiger partial charge in [0.05, 0.1) is 11.4 Å². The predicted molar refractivity (Wildman–Crippen MR) is 114 cm³/mol. The lowest BCUT2D eigenvalue weighted by Gasteiger charge is -2.17. The van der Waals surface area contributed by atoms with Gasteiger partial charge in [0.15, 0.2) is 0 Å². The first-order chi connectivity index (χ1) is 13.5. The lowest BCUT2D eigenvalue weighted by Crippen LogP contribution is -2.25. The van der Waals surface area contributed by atoms with E-state index in [1.807, 2.05) is 26.0 Å². The second-order valence-electron chi connectivity index (χ2n) is 7.44. The highest BCUT2D eigenvalue weighted by molar-refractivity contribution is 5.97. The van der Waals surface area contributed by atoms with E-state index in [0.717, 1.165) is 34.7 Å². The summed E-state index contributed by atoms with van der Waals surface area (Å²) in [5.74, 6) is -0.00149. The molecule has 0 bridgehead atoms. The molecule has 1 atom stereocenters. The minimum absolute atomic E-state index is 0.00149. The lowest BCUT2D eigenvalue weighted by atomic mass is 9.98. The van der Waals surface area contributed by atoms with Crippen molar-refractivity contribution >= 4 is 23.0 Å². The standard InChI is InChI=1S/C23H24N4O/c1-14-8-18(9-15(2)25-14)17-5-3-4-16(10-17)11-20-13-23(28)27-22-12-19(24)6-7-21(22)26-20/h3-10,12,20,26H,11,13,24H2,1-2H3,(H,27,28). The molecule has 1 aromatic heterocycles. The average molecular weight is 372 g/mol. The smallest absolute Gasteiger partial charge is 0.226 e. The number of anilines is 3. The van der Waals surface area contributed by atoms with Crippen LogP contribution in [0, 0.1) is 13.8 Å². The van der Waals surface area contributed by atoms with E-state index in [1.54, 1.807) is 6.07 Å². The number of rotatable bonds is 3. The second-order valence-corrected chi connectivity index (χ2v) is 7.44. The van der Waals surface area contributed by atoms with E-state index in [1.165, 1.54) is 11.1 Å². The van der Waals surface area contributed by atoms with Gasteiger partial charge in [0.25, 0.3) is 0 Å². The van der Waals surface area contributed by atoms with E-state index in [2.05, 4.69) is 52.0 Å². The molecule has 0 saturated heterocycles. The number of amides is 1. The van der Waals surface area contributed by atoms with Crippen LogP contribution in [-0.2, 0) is 11.2 Å². The van der Waals surface area contributed by atoms with Crippen LogP contribution in [-0.4, -0.2) is 16.9 Å². The number of fused-ring (bicyclic) bond motifs is 1. The number of nitrogens with one attached hydrogen (secondary N) is 2. The number of hydrogen-bond acceptors (Lipinski definition) is 4. The molecule has 28 heavy (non-hydrogen) atoms. The molecule has 5 heteroatoms. The molecule has 1 aliphatic rings. The summed E-state index contributed by atoms with van der Waals surface area (Å²) < 4.78 is 0. The third-order valence-electron chi connectivity index (χ3n) is 4.93. The molecule has 0 saturated carbocycles. The monoisotopic (exact) mass is 372 g/mol. The Morgan fingerprint density at radius 2 is 1.79 bits per heavy atom. The van der Waals surface area contributed by atoms with E-state index < -0.39 is 0 Å². The summed E-state index contributed by atoms with van der Waals surface area (Å²) in [7, 11) is 0. The van der Waals surface area contributed by atoms with Crippen LogP contribution >= 0.6 is 0 Å². The molecule has 1 unspecified atom stereocenters. The summed E-state index contributed by atoms with van der Waals surface area (Å²) in [6, 6.07) is 18.3. The molecule has 4 rings (SSSR count). The van der Waals surface area contributed by atoms with E-state index in [-0.39, 0.29) is 11.9 Å². The number of aryl methyl sites for hydroxylation is 2. The highest BCUT2D eigenvalue weighted by Crippen LogP contribution is 2.29. The van der Waals surface area contributed by atoms with Crippen molar-refractivity contribution in [1.29, 1.82) is 0 Å². The average Bonchev–Trinajstić information content (AvgIpc) is 2.78. The van der Waals surface area contributed by atoms with Crippen molar-refractivity contribution in [3.8, 4) is 11.1 Å². The molecular formula is C23H24N4O. The Morgan fingerprint density at radius 1 is 1.00 bits per heavy atom. The van der Waals surface area contributed by atoms with Gasteiger partial charge in [-0.2, -0.15) is 0 Å². The molecule has 5 nitrogen and oxygen atoms in total. The Bertz CT molecular complexity index is 1020. The van der Waals surface area contributed by atoms with Gasteiger partial charge in [0.1, 0.15) is 0 Å². The molecule has 0 aliphatic carbocycles. The van der Waals surface area contributed by atoms with Crippen LogP contribution in [0.25, 0.3) is 11.1 Å². The van der Waals surface area contributed by atoms with E-state index in [0.29, 0.717) is 12.1 Å². The summed E-state index contributed by atoms with van der Waals surface area (Å²) in [5, 5.41) is 6.43. The number of aromatic nitrogens is 1. The molecule has 1 aliphatic heterocycles. The van der Waals surface area contributed by atoms with Crippen molar-refractivity contribution in [2.24, 2.45) is 0 Å². The van der Waals surface area contributed by atoms with Gasteiger partial charge in [0, 0.05) is 29.5 Å². The number of nitrogen functional groups attached to an aromatic ring is 1. The first kappa shape index (κ1) is 18.0. The highest BCUT2D eigenvalue weighted by Gasteiger charge is 2.21. The molecule has 4 N–H and O–H groups in total. The van der Waals surface area contributed by atoms with Crippen molar-refractivity contribution in [3.63, 3.8) is 0 Å². The third-order valence-corrected chi connectivity index (χ3v) is 4.93. The van der Waals surface area contributed by atoms with Gasteiger partial charge in [-0.3, -0.25) is 9.78 Å². The Morgan fingerprint density at radius 3 is 2.57 bits per heavy atom. The zero-order valence-electron chi connectivity index (χ0n) is 16.1. The van der Waals surface area contributed by atoms with Crippen LogP contribution in [0.15, 0.2) is 54.6 Å². The fraction of sp³-hybridized carbons (Fsp3) is 0.217. The van der Waals surface area contributed by atoms with Gasteiger partial charge < -0.3 is 16.4 Å². The quantitative estimate of drug-likeness (QED) is 0.599. The first-order valence-electron chi connectivity index (χ1n) is 9.47. The van der Waals surface area contributed by atoms with Gasteiger partial charge in [0.2, 0.25) is 5.91 Å². The molecule has 1 amide bonds. The lowest BCUT2D eigenvalue weighted by molar-refractivity contribution is -0.116. The topological polar surface area (TPSA) is 80.0 Å². The number of pyridine rings is 1. The normalized spacial score (nSPS) is 15.9. The van der Waals surface area contributed by atoms with Crippen LogP contribution in [0.1, 0.15) is 23.4 Å². The maximum Gasteiger partial charge on any atom is 0.226 e. The highest BCUT2D eigenvalue weighted by atomic mass is 16.1. The van der Waals surface area contributed by atoms with Gasteiger partial charge in [-0.15, -0.1) is 0 Å². The Labute approximate surface area is 165 Å². The Balaban J connectivity index is 1.59. The summed E-state index contributed by atoms with van der Waals surface area (Å²) in [4.78, 5) is 16.8. The molecule has 142 valence electrons. The molecule has 0 radical (unpaired) electrons. The van der Waals surface area contributed by atoms with Crippen LogP contribution in [0.3, 0.4) is 0 Å². The zero-order valence-corrected chi connectivity index (χ0v) is 16.1. The van der Waals surface area contributed by atoms with Crippen LogP contribution in [0.2, 0.25) is 0 Å². The maximum atomic E-state index is 12.3. The van der Waals surface area contributed by atoms with Gasteiger partial charge >= 0.3 is 0 Å². The third kappa shape index (κ3) is 3.98. The number of carbonyl (C=O) groups is 1. The number of hydrogen-bond donors (Lipinski definition) is 3. The first-order valence-corrected chi connectivity index (χ1v) is 9.47.